The van der Waals surface area contributed by atoms with Crippen molar-refractivity contribution in [3.8, 4) is 17.0 Å². The van der Waals surface area contributed by atoms with Crippen LogP contribution in [0.15, 0.2) is 30.5 Å². The summed E-state index contributed by atoms with van der Waals surface area (Å²) >= 11 is 1.37. The number of anilines is 1. The third-order valence-corrected chi connectivity index (χ3v) is 8.54. The number of sulfonamides is 1. The summed E-state index contributed by atoms with van der Waals surface area (Å²) in [5.74, 6) is -0.301. The van der Waals surface area contributed by atoms with Gasteiger partial charge in [0, 0.05) is 24.7 Å². The molecule has 8 nitrogen and oxygen atoms in total. The van der Waals surface area contributed by atoms with E-state index in [0.29, 0.717) is 34.4 Å². The van der Waals surface area contributed by atoms with Crippen molar-refractivity contribution < 1.29 is 26.3 Å². The molecule has 0 radical (unpaired) electrons. The zero-order chi connectivity index (χ0) is 23.4. The van der Waals surface area contributed by atoms with Crippen molar-refractivity contribution in [3.05, 3.63) is 30.5 Å². The zero-order valence-corrected chi connectivity index (χ0v) is 19.3. The van der Waals surface area contributed by atoms with E-state index < -0.39 is 16.4 Å². The van der Waals surface area contributed by atoms with E-state index >= 15 is 0 Å². The number of ether oxygens (including phenoxy) is 1. The van der Waals surface area contributed by atoms with Crippen molar-refractivity contribution >= 4 is 31.5 Å². The topological polar surface area (TPSA) is 88.8 Å². The fourth-order valence-corrected chi connectivity index (χ4v) is 6.46. The molecule has 178 valence electrons. The molecule has 2 fully saturated rings. The zero-order valence-electron chi connectivity index (χ0n) is 17.7. The molecule has 1 saturated heterocycles. The van der Waals surface area contributed by atoms with Crippen LogP contribution in [-0.4, -0.2) is 59.1 Å². The van der Waals surface area contributed by atoms with Gasteiger partial charge in [-0.25, -0.2) is 22.2 Å². The third kappa shape index (κ3) is 4.66. The van der Waals surface area contributed by atoms with Crippen LogP contribution in [0.1, 0.15) is 25.7 Å². The summed E-state index contributed by atoms with van der Waals surface area (Å²) in [5, 5.41) is 8.68. The Balaban J connectivity index is 1.25. The van der Waals surface area contributed by atoms with Crippen LogP contribution >= 0.6 is 11.3 Å². The molecule has 0 atom stereocenters. The molecule has 1 spiro atoms. The van der Waals surface area contributed by atoms with Gasteiger partial charge in [0.15, 0.2) is 0 Å². The average molecular weight is 502 g/mol. The van der Waals surface area contributed by atoms with Crippen molar-refractivity contribution in [3.63, 3.8) is 0 Å². The van der Waals surface area contributed by atoms with Crippen LogP contribution in [0.25, 0.3) is 16.2 Å². The monoisotopic (exact) mass is 501 g/mol. The van der Waals surface area contributed by atoms with Gasteiger partial charge in [-0.2, -0.15) is 0 Å². The predicted molar refractivity (Wildman–Crippen MR) is 118 cm³/mol. The Morgan fingerprint density at radius 1 is 1.24 bits per heavy atom. The number of hydrogen-bond acceptors (Lipinski definition) is 7. The lowest BCUT2D eigenvalue weighted by Gasteiger charge is -2.51. The summed E-state index contributed by atoms with van der Waals surface area (Å²) in [7, 11) is -3.13. The van der Waals surface area contributed by atoms with Gasteiger partial charge in [0.1, 0.15) is 5.75 Å². The van der Waals surface area contributed by atoms with Crippen molar-refractivity contribution in [2.45, 2.75) is 38.1 Å². The Labute approximate surface area is 192 Å². The first-order valence-corrected chi connectivity index (χ1v) is 13.1. The fourth-order valence-electron chi connectivity index (χ4n) is 4.76. The van der Waals surface area contributed by atoms with E-state index in [4.69, 9.17) is 0 Å². The second-order valence-electron chi connectivity index (χ2n) is 8.73. The fraction of sp³-hybridized carbons (Fsp3) is 0.500. The van der Waals surface area contributed by atoms with Crippen LogP contribution in [0.5, 0.6) is 5.75 Å². The Morgan fingerprint density at radius 2 is 1.97 bits per heavy atom. The number of piperidine rings is 1. The van der Waals surface area contributed by atoms with Crippen molar-refractivity contribution in [2.24, 2.45) is 5.41 Å². The van der Waals surface area contributed by atoms with Crippen LogP contribution in [0, 0.1) is 5.41 Å². The number of rotatable bonds is 5. The molecule has 0 unspecified atom stereocenters. The number of aromatic nitrogens is 3. The lowest BCUT2D eigenvalue weighted by Crippen LogP contribution is -2.52. The van der Waals surface area contributed by atoms with E-state index in [2.05, 4.69) is 20.1 Å². The highest BCUT2D eigenvalue weighted by Crippen LogP contribution is 2.50. The Kier molecular flexibility index (Phi) is 5.33. The first-order valence-electron chi connectivity index (χ1n) is 10.4. The third-order valence-electron chi connectivity index (χ3n) is 6.39. The number of nitrogens with one attached hydrogen (secondary N) is 1. The minimum atomic E-state index is -4.76. The highest BCUT2D eigenvalue weighted by molar-refractivity contribution is 7.88. The number of fused-ring (bicyclic) bond motifs is 1. The number of benzene rings is 1. The molecule has 1 saturated carbocycles. The number of hydrogen-bond donors (Lipinski definition) is 1. The first-order chi connectivity index (χ1) is 15.5. The van der Waals surface area contributed by atoms with Crippen LogP contribution in [0.3, 0.4) is 0 Å². The Hall–Kier alpha value is -2.38. The molecule has 3 heterocycles. The minimum Gasteiger partial charge on any atom is -0.406 e. The molecule has 1 N–H and O–H groups in total. The Morgan fingerprint density at radius 3 is 2.64 bits per heavy atom. The molecule has 0 bridgehead atoms. The van der Waals surface area contributed by atoms with Gasteiger partial charge in [-0.05, 0) is 43.2 Å². The molecule has 1 aromatic carbocycles. The largest absolute Gasteiger partial charge is 0.573 e. The average Bonchev–Trinajstić information content (AvgIpc) is 3.25. The van der Waals surface area contributed by atoms with Gasteiger partial charge in [0.25, 0.3) is 0 Å². The van der Waals surface area contributed by atoms with Gasteiger partial charge in [0.2, 0.25) is 20.1 Å². The van der Waals surface area contributed by atoms with Crippen LogP contribution in [0.4, 0.5) is 18.3 Å². The summed E-state index contributed by atoms with van der Waals surface area (Å²) in [6.07, 6.45) is 1.70. The van der Waals surface area contributed by atoms with Gasteiger partial charge >= 0.3 is 6.36 Å². The highest BCUT2D eigenvalue weighted by atomic mass is 32.2. The van der Waals surface area contributed by atoms with Crippen LogP contribution in [0.2, 0.25) is 0 Å². The van der Waals surface area contributed by atoms with Crippen molar-refractivity contribution in [1.82, 2.24) is 18.9 Å². The molecule has 0 amide bonds. The van der Waals surface area contributed by atoms with Gasteiger partial charge in [0.05, 0.1) is 18.1 Å². The smallest absolute Gasteiger partial charge is 0.406 e. The first kappa shape index (κ1) is 22.4. The van der Waals surface area contributed by atoms with Crippen LogP contribution < -0.4 is 10.1 Å². The highest BCUT2D eigenvalue weighted by Gasteiger charge is 2.47. The van der Waals surface area contributed by atoms with E-state index in [1.165, 1.54) is 35.8 Å². The molecular formula is C20H22F3N5O3S2. The van der Waals surface area contributed by atoms with Gasteiger partial charge in [-0.1, -0.05) is 23.5 Å². The van der Waals surface area contributed by atoms with Gasteiger partial charge in [-0.3, -0.25) is 0 Å². The van der Waals surface area contributed by atoms with Crippen molar-refractivity contribution in [1.29, 1.82) is 0 Å². The van der Waals surface area contributed by atoms with Gasteiger partial charge < -0.3 is 10.1 Å². The summed E-state index contributed by atoms with van der Waals surface area (Å²) in [6, 6.07) is 5.97. The van der Waals surface area contributed by atoms with Gasteiger partial charge in [-0.15, -0.1) is 18.3 Å². The molecular weight excluding hydrogens is 479 g/mol. The predicted octanol–water partition coefficient (Wildman–Crippen LogP) is 3.97. The minimum absolute atomic E-state index is 0.181. The molecule has 13 heteroatoms. The van der Waals surface area contributed by atoms with E-state index in [1.807, 2.05) is 0 Å². The molecule has 1 aliphatic heterocycles. The normalized spacial score (nSPS) is 19.6. The summed E-state index contributed by atoms with van der Waals surface area (Å²) < 4.78 is 68.3. The SMILES string of the molecule is CS(=O)(=O)N1CCC2(CC1)CC(Nc1nn3c(-c4cccc(OC(F)(F)F)c4)cnc3s1)C2. The second-order valence-corrected chi connectivity index (χ2v) is 11.7. The molecule has 1 aliphatic carbocycles. The summed E-state index contributed by atoms with van der Waals surface area (Å²) in [5.41, 5.74) is 1.27. The van der Waals surface area contributed by atoms with E-state index in [-0.39, 0.29) is 17.2 Å². The quantitative estimate of drug-likeness (QED) is 0.569. The molecule has 33 heavy (non-hydrogen) atoms. The summed E-state index contributed by atoms with van der Waals surface area (Å²) in [4.78, 5) is 4.97. The standard InChI is InChI=1S/C20H22F3N5O3S2/c1-33(29,30)27-7-5-19(6-8-27)10-14(11-19)25-17-26-28-16(12-24-18(28)32-17)13-3-2-4-15(9-13)31-20(21,22)23/h2-4,9,12,14H,5-8,10-11H2,1H3,(H,25,26). The van der Waals surface area contributed by atoms with E-state index in [0.717, 1.165) is 25.7 Å². The number of halogens is 3. The molecule has 2 aliphatic rings. The summed E-state index contributed by atoms with van der Waals surface area (Å²) in [6.45, 7) is 1.13. The van der Waals surface area contributed by atoms with E-state index in [9.17, 15) is 21.6 Å². The Bertz CT molecular complexity index is 1270. The second kappa shape index (κ2) is 7.84. The maximum absolute atomic E-state index is 12.5. The molecule has 2 aromatic heterocycles. The number of imidazole rings is 1. The maximum atomic E-state index is 12.5. The number of alkyl halides is 3. The molecule has 5 rings (SSSR count). The maximum Gasteiger partial charge on any atom is 0.573 e. The van der Waals surface area contributed by atoms with E-state index in [1.54, 1.807) is 21.1 Å². The lowest BCUT2D eigenvalue weighted by atomic mass is 9.60. The molecule has 3 aromatic rings. The number of nitrogens with zero attached hydrogens (tertiary/aromatic N) is 4. The van der Waals surface area contributed by atoms with Crippen LogP contribution in [-0.2, 0) is 10.0 Å². The van der Waals surface area contributed by atoms with Crippen molar-refractivity contribution in [2.75, 3.05) is 24.7 Å². The lowest BCUT2D eigenvalue weighted by molar-refractivity contribution is -0.274.